The molecule has 0 spiro atoms. The molecule has 0 radical (unpaired) electrons. The zero-order valence-electron chi connectivity index (χ0n) is 29.7. The molecule has 0 aromatic heterocycles. The summed E-state index contributed by atoms with van der Waals surface area (Å²) in [6.07, 6.45) is 0. The third kappa shape index (κ3) is 11.6. The maximum atomic E-state index is 14.7. The van der Waals surface area contributed by atoms with Gasteiger partial charge in [0.1, 0.15) is 11.5 Å². The van der Waals surface area contributed by atoms with Gasteiger partial charge in [0.2, 0.25) is 25.2 Å². The van der Waals surface area contributed by atoms with Gasteiger partial charge in [0.05, 0.1) is 28.0 Å². The minimum atomic E-state index is -4.80. The average molecular weight is 775 g/mol. The second kappa shape index (κ2) is 19.3. The molecule has 2 atom stereocenters. The monoisotopic (exact) mass is 774 g/mol. The van der Waals surface area contributed by atoms with Gasteiger partial charge in [0.15, 0.2) is 13.6 Å². The SMILES string of the molecule is C=C(C)OCOP(=O)(OCO)Oc1ccc(NCCN(C)C)c2c1C(=O)c1c(NCCN(C)C)ccc(OP(=O)(OCO)OCOC(C)=O)c1C2=O. The van der Waals surface area contributed by atoms with Crippen LogP contribution in [0.2, 0.25) is 0 Å². The van der Waals surface area contributed by atoms with Gasteiger partial charge in [-0.25, -0.2) is 27.2 Å². The number of ether oxygens (including phenoxy) is 2. The number of rotatable bonds is 23. The van der Waals surface area contributed by atoms with Crippen LogP contribution >= 0.6 is 15.6 Å². The first-order valence-electron chi connectivity index (χ1n) is 15.6. The highest BCUT2D eigenvalue weighted by atomic mass is 31.2. The van der Waals surface area contributed by atoms with Crippen LogP contribution in [0.15, 0.2) is 36.6 Å². The molecule has 4 N–H and O–H groups in total. The van der Waals surface area contributed by atoms with E-state index in [1.54, 1.807) is 0 Å². The third-order valence-corrected chi connectivity index (χ3v) is 9.38. The molecule has 0 saturated heterocycles. The summed E-state index contributed by atoms with van der Waals surface area (Å²) in [5.74, 6) is -3.11. The molecular weight excluding hydrogens is 730 g/mol. The molecule has 0 amide bonds. The van der Waals surface area contributed by atoms with E-state index in [0.717, 1.165) is 6.92 Å². The number of carbonyl (C=O) groups is 3. The summed E-state index contributed by atoms with van der Waals surface area (Å²) in [6.45, 7) is 3.93. The van der Waals surface area contributed by atoms with E-state index in [2.05, 4.69) is 21.9 Å². The Labute approximate surface area is 300 Å². The van der Waals surface area contributed by atoms with Gasteiger partial charge in [-0.3, -0.25) is 14.4 Å². The van der Waals surface area contributed by atoms with Gasteiger partial charge in [-0.05, 0) is 59.4 Å². The zero-order chi connectivity index (χ0) is 38.6. The zero-order valence-corrected chi connectivity index (χ0v) is 31.5. The summed E-state index contributed by atoms with van der Waals surface area (Å²) >= 11 is 0. The number of allylic oxidation sites excluding steroid dienone is 1. The van der Waals surface area contributed by atoms with E-state index >= 15 is 0 Å². The molecule has 0 saturated carbocycles. The number of hydrogen-bond donors (Lipinski definition) is 4. The molecule has 0 heterocycles. The Kier molecular flexibility index (Phi) is 15.8. The lowest BCUT2D eigenvalue weighted by atomic mass is 9.81. The van der Waals surface area contributed by atoms with E-state index < -0.39 is 71.9 Å². The maximum Gasteiger partial charge on any atom is 0.535 e. The Bertz CT molecular complexity index is 1600. The van der Waals surface area contributed by atoms with Crippen molar-refractivity contribution in [2.24, 2.45) is 0 Å². The molecule has 3 rings (SSSR count). The molecule has 0 fully saturated rings. The van der Waals surface area contributed by atoms with E-state index in [0.29, 0.717) is 26.2 Å². The second-order valence-corrected chi connectivity index (χ2v) is 14.6. The highest BCUT2D eigenvalue weighted by Crippen LogP contribution is 2.54. The van der Waals surface area contributed by atoms with Crippen molar-refractivity contribution in [1.29, 1.82) is 0 Å². The van der Waals surface area contributed by atoms with Crippen molar-refractivity contribution in [3.05, 3.63) is 58.9 Å². The van der Waals surface area contributed by atoms with Gasteiger partial charge < -0.3 is 49.2 Å². The average Bonchev–Trinajstić information content (AvgIpc) is 3.04. The largest absolute Gasteiger partial charge is 0.535 e. The second-order valence-electron chi connectivity index (χ2n) is 11.4. The number of nitrogens with zero attached hydrogens (tertiary/aromatic N) is 2. The van der Waals surface area contributed by atoms with Crippen molar-refractivity contribution < 1.29 is 70.3 Å². The fraction of sp³-hybridized carbons (Fsp3) is 0.452. The van der Waals surface area contributed by atoms with E-state index in [4.69, 9.17) is 31.9 Å². The maximum absolute atomic E-state index is 14.7. The fourth-order valence-corrected chi connectivity index (χ4v) is 6.33. The lowest BCUT2D eigenvalue weighted by molar-refractivity contribution is -0.148. The van der Waals surface area contributed by atoms with E-state index in [9.17, 15) is 33.7 Å². The first-order chi connectivity index (χ1) is 24.5. The summed E-state index contributed by atoms with van der Waals surface area (Å²) in [4.78, 5) is 44.4. The number of ketones is 2. The number of phosphoric ester groups is 2. The number of phosphoric acid groups is 2. The minimum Gasteiger partial charge on any atom is -0.472 e. The number of aliphatic hydroxyl groups is 2. The molecule has 19 nitrogen and oxygen atoms in total. The predicted octanol–water partition coefficient (Wildman–Crippen LogP) is 3.38. The van der Waals surface area contributed by atoms with Crippen molar-refractivity contribution >= 4 is 44.6 Å². The van der Waals surface area contributed by atoms with Crippen LogP contribution in [0.3, 0.4) is 0 Å². The number of anilines is 2. The number of nitrogens with one attached hydrogen (secondary N) is 2. The van der Waals surface area contributed by atoms with E-state index in [1.165, 1.54) is 31.2 Å². The standard InChI is InChI=1S/C31H44N4O15P2/c1-20(2)43-18-47-51(41,45-16-36)49-24-10-8-22(32-12-14-34(4)5)26-28(24)30(39)27-23(33-13-15-35(6)7)9-11-25(29(27)31(26)40)50-52(42,46-17-37)48-19-44-21(3)38/h8-11,32-33,36-37H,1,12-19H2,2-7H3. The molecule has 0 aliphatic heterocycles. The summed E-state index contributed by atoms with van der Waals surface area (Å²) in [5.41, 5.74) is -0.924. The predicted molar refractivity (Wildman–Crippen MR) is 186 cm³/mol. The molecule has 52 heavy (non-hydrogen) atoms. The minimum absolute atomic E-state index is 0.157. The van der Waals surface area contributed by atoms with Crippen LogP contribution in [0, 0.1) is 0 Å². The molecule has 2 aromatic carbocycles. The van der Waals surface area contributed by atoms with Gasteiger partial charge in [-0.15, -0.1) is 0 Å². The summed E-state index contributed by atoms with van der Waals surface area (Å²) < 4.78 is 68.0. The third-order valence-electron chi connectivity index (χ3n) is 6.83. The molecule has 0 bridgehead atoms. The van der Waals surface area contributed by atoms with Crippen LogP contribution in [-0.2, 0) is 41.5 Å². The Balaban J connectivity index is 2.27. The van der Waals surface area contributed by atoms with Crippen molar-refractivity contribution in [2.45, 2.75) is 13.8 Å². The molecule has 2 aromatic rings. The van der Waals surface area contributed by atoms with Crippen LogP contribution in [0.5, 0.6) is 11.5 Å². The number of likely N-dealkylation sites (N-methyl/N-ethyl adjacent to an activating group) is 2. The first-order valence-corrected chi connectivity index (χ1v) is 18.5. The van der Waals surface area contributed by atoms with E-state index in [1.807, 2.05) is 38.0 Å². The Morgan fingerprint density at radius 3 is 1.44 bits per heavy atom. The van der Waals surface area contributed by atoms with Crippen molar-refractivity contribution in [3.8, 4) is 11.5 Å². The number of carbonyl (C=O) groups excluding carboxylic acids is 3. The van der Waals surface area contributed by atoms with Crippen LogP contribution in [-0.4, -0.2) is 119 Å². The van der Waals surface area contributed by atoms with Crippen LogP contribution < -0.4 is 19.7 Å². The quantitative estimate of drug-likeness (QED) is 0.0468. The number of aliphatic hydroxyl groups excluding tert-OH is 2. The molecule has 21 heteroatoms. The number of fused-ring (bicyclic) bond motifs is 2. The summed E-state index contributed by atoms with van der Waals surface area (Å²) in [7, 11) is -2.18. The molecular formula is C31H44N4O15P2. The normalized spacial score (nSPS) is 14.6. The topological polar surface area (TPSA) is 230 Å². The molecule has 1 aliphatic rings. The summed E-state index contributed by atoms with van der Waals surface area (Å²) in [5, 5.41) is 25.2. The first kappa shape index (κ1) is 42.5. The Morgan fingerprint density at radius 1 is 0.692 bits per heavy atom. The fourth-order valence-electron chi connectivity index (χ4n) is 4.54. The highest BCUT2D eigenvalue weighted by molar-refractivity contribution is 7.49. The van der Waals surface area contributed by atoms with Gasteiger partial charge in [-0.1, -0.05) is 6.58 Å². The Hall–Kier alpha value is -3.87. The molecule has 2 unspecified atom stereocenters. The van der Waals surface area contributed by atoms with Gasteiger partial charge in [0, 0.05) is 44.5 Å². The number of esters is 1. The Morgan fingerprint density at radius 2 is 1.10 bits per heavy atom. The van der Waals surface area contributed by atoms with Gasteiger partial charge >= 0.3 is 21.6 Å². The van der Waals surface area contributed by atoms with Gasteiger partial charge in [-0.2, -0.15) is 0 Å². The van der Waals surface area contributed by atoms with Gasteiger partial charge in [0.25, 0.3) is 0 Å². The van der Waals surface area contributed by atoms with Crippen molar-refractivity contribution in [2.75, 3.05) is 92.2 Å². The summed E-state index contributed by atoms with van der Waals surface area (Å²) in [6, 6.07) is 5.30. The molecule has 1 aliphatic carbocycles. The van der Waals surface area contributed by atoms with Crippen LogP contribution in [0.1, 0.15) is 45.7 Å². The number of hydrogen-bond acceptors (Lipinski definition) is 19. The molecule has 288 valence electrons. The van der Waals surface area contributed by atoms with Crippen molar-refractivity contribution in [3.63, 3.8) is 0 Å². The van der Waals surface area contributed by atoms with Crippen molar-refractivity contribution in [1.82, 2.24) is 9.80 Å². The van der Waals surface area contributed by atoms with E-state index in [-0.39, 0.29) is 39.4 Å². The lowest BCUT2D eigenvalue weighted by Crippen LogP contribution is -2.28. The van der Waals surface area contributed by atoms with Crippen LogP contribution in [0.4, 0.5) is 11.4 Å². The van der Waals surface area contributed by atoms with Crippen LogP contribution in [0.25, 0.3) is 0 Å². The highest BCUT2D eigenvalue weighted by Gasteiger charge is 2.42. The number of benzene rings is 2. The lowest BCUT2D eigenvalue weighted by Gasteiger charge is -2.28. The smallest absolute Gasteiger partial charge is 0.472 e.